The molecule has 2 rings (SSSR count). The Morgan fingerprint density at radius 1 is 1.37 bits per heavy atom. The van der Waals surface area contributed by atoms with Crippen molar-refractivity contribution in [3.05, 3.63) is 41.7 Å². The monoisotopic (exact) mass is 324 g/mol. The maximum absolute atomic E-state index is 5.85. The molecule has 1 heterocycles. The summed E-state index contributed by atoms with van der Waals surface area (Å²) >= 11 is 3.46. The van der Waals surface area contributed by atoms with Gasteiger partial charge in [-0.1, -0.05) is 22.0 Å². The van der Waals surface area contributed by atoms with Gasteiger partial charge in [-0.15, -0.1) is 0 Å². The number of ether oxygens (including phenoxy) is 2. The number of alkyl halides is 1. The normalized spacial score (nSPS) is 10.5. The number of aryl methyl sites for hydroxylation is 1. The van der Waals surface area contributed by atoms with Crippen molar-refractivity contribution in [2.45, 2.75) is 25.4 Å². The Morgan fingerprint density at radius 3 is 2.84 bits per heavy atom. The molecule has 1 aromatic heterocycles. The van der Waals surface area contributed by atoms with Gasteiger partial charge in [-0.3, -0.25) is 4.68 Å². The highest BCUT2D eigenvalue weighted by Gasteiger charge is 2.06. The van der Waals surface area contributed by atoms with Crippen LogP contribution in [0, 0.1) is 0 Å². The summed E-state index contributed by atoms with van der Waals surface area (Å²) in [5.74, 6) is 1.63. The third kappa shape index (κ3) is 3.50. The number of benzene rings is 1. The molecule has 0 amide bonds. The lowest BCUT2D eigenvalue weighted by molar-refractivity contribution is 0.301. The lowest BCUT2D eigenvalue weighted by atomic mass is 10.2. The summed E-state index contributed by atoms with van der Waals surface area (Å²) in [5.41, 5.74) is 2.16. The van der Waals surface area contributed by atoms with Gasteiger partial charge in [0.25, 0.3) is 0 Å². The summed E-state index contributed by atoms with van der Waals surface area (Å²) in [5, 5.41) is 4.98. The fourth-order valence-corrected chi connectivity index (χ4v) is 2.18. The quantitative estimate of drug-likeness (QED) is 0.764. The van der Waals surface area contributed by atoms with Crippen molar-refractivity contribution in [3.8, 4) is 11.5 Å². The van der Waals surface area contributed by atoms with Gasteiger partial charge < -0.3 is 9.47 Å². The zero-order chi connectivity index (χ0) is 13.7. The third-order valence-electron chi connectivity index (χ3n) is 2.82. The summed E-state index contributed by atoms with van der Waals surface area (Å²) in [7, 11) is 1.65. The van der Waals surface area contributed by atoms with Gasteiger partial charge in [-0.25, -0.2) is 0 Å². The van der Waals surface area contributed by atoms with E-state index in [0.29, 0.717) is 6.61 Å². The molecule has 0 N–H and O–H groups in total. The smallest absolute Gasteiger partial charge is 0.127 e. The van der Waals surface area contributed by atoms with E-state index in [9.17, 15) is 0 Å². The molecule has 4 nitrogen and oxygen atoms in total. The van der Waals surface area contributed by atoms with Gasteiger partial charge in [0.2, 0.25) is 0 Å². The van der Waals surface area contributed by atoms with E-state index in [2.05, 4.69) is 28.0 Å². The van der Waals surface area contributed by atoms with Crippen LogP contribution in [0.4, 0.5) is 0 Å². The Bertz CT molecular complexity index is 540. The van der Waals surface area contributed by atoms with Crippen molar-refractivity contribution in [2.75, 3.05) is 7.11 Å². The molecule has 102 valence electrons. The minimum absolute atomic E-state index is 0.507. The first-order chi connectivity index (χ1) is 9.26. The molecule has 0 saturated heterocycles. The Hall–Kier alpha value is -1.49. The van der Waals surface area contributed by atoms with Crippen LogP contribution in [-0.4, -0.2) is 16.9 Å². The molecule has 0 unspecified atom stereocenters. The van der Waals surface area contributed by atoms with E-state index in [1.54, 1.807) is 7.11 Å². The second kappa shape index (κ2) is 6.61. The molecule has 0 spiro atoms. The van der Waals surface area contributed by atoms with Crippen molar-refractivity contribution in [1.82, 2.24) is 9.78 Å². The van der Waals surface area contributed by atoms with Crippen molar-refractivity contribution in [2.24, 2.45) is 0 Å². The van der Waals surface area contributed by atoms with Crippen LogP contribution in [0.3, 0.4) is 0 Å². The zero-order valence-corrected chi connectivity index (χ0v) is 12.7. The highest BCUT2D eigenvalue weighted by molar-refractivity contribution is 9.08. The molecule has 5 heteroatoms. The fourth-order valence-electron chi connectivity index (χ4n) is 1.72. The maximum atomic E-state index is 5.85. The number of hydrogen-bond donors (Lipinski definition) is 0. The van der Waals surface area contributed by atoms with E-state index in [-0.39, 0.29) is 0 Å². The van der Waals surface area contributed by atoms with E-state index in [1.807, 2.05) is 35.3 Å². The Kier molecular flexibility index (Phi) is 4.85. The molecular weight excluding hydrogens is 308 g/mol. The van der Waals surface area contributed by atoms with Crippen molar-refractivity contribution in [1.29, 1.82) is 0 Å². The number of nitrogens with zero attached hydrogens (tertiary/aromatic N) is 2. The molecule has 0 fully saturated rings. The second-order valence-electron chi connectivity index (χ2n) is 4.10. The van der Waals surface area contributed by atoms with Crippen LogP contribution in [-0.2, 0) is 18.5 Å². The number of rotatable bonds is 6. The molecule has 0 aliphatic heterocycles. The lowest BCUT2D eigenvalue weighted by Crippen LogP contribution is -1.98. The van der Waals surface area contributed by atoms with E-state index >= 15 is 0 Å². The zero-order valence-electron chi connectivity index (χ0n) is 11.1. The Labute approximate surface area is 121 Å². The van der Waals surface area contributed by atoms with Crippen molar-refractivity contribution >= 4 is 15.9 Å². The second-order valence-corrected chi connectivity index (χ2v) is 4.66. The van der Waals surface area contributed by atoms with Crippen LogP contribution in [0.2, 0.25) is 0 Å². The van der Waals surface area contributed by atoms with Gasteiger partial charge in [0.1, 0.15) is 18.1 Å². The first-order valence-corrected chi connectivity index (χ1v) is 7.26. The fraction of sp³-hybridized carbons (Fsp3) is 0.357. The van der Waals surface area contributed by atoms with Gasteiger partial charge in [-0.2, -0.15) is 5.10 Å². The van der Waals surface area contributed by atoms with E-state index in [1.165, 1.54) is 0 Å². The third-order valence-corrected chi connectivity index (χ3v) is 3.43. The van der Waals surface area contributed by atoms with Crippen LogP contribution in [0.25, 0.3) is 0 Å². The minimum Gasteiger partial charge on any atom is -0.497 e. The molecule has 0 aliphatic rings. The summed E-state index contributed by atoms with van der Waals surface area (Å²) in [6, 6.07) is 5.83. The summed E-state index contributed by atoms with van der Waals surface area (Å²) < 4.78 is 13.0. The van der Waals surface area contributed by atoms with Gasteiger partial charge in [0.05, 0.1) is 13.3 Å². The molecule has 2 aromatic rings. The summed E-state index contributed by atoms with van der Waals surface area (Å²) in [6.07, 6.45) is 3.82. The largest absolute Gasteiger partial charge is 0.497 e. The molecule has 0 bridgehead atoms. The molecule has 0 radical (unpaired) electrons. The number of hydrogen-bond acceptors (Lipinski definition) is 3. The molecule has 0 atom stereocenters. The molecule has 19 heavy (non-hydrogen) atoms. The molecule has 0 aliphatic carbocycles. The average molecular weight is 325 g/mol. The van der Waals surface area contributed by atoms with Crippen LogP contribution in [0.1, 0.15) is 18.1 Å². The Morgan fingerprint density at radius 2 is 2.21 bits per heavy atom. The van der Waals surface area contributed by atoms with E-state index in [0.717, 1.165) is 34.5 Å². The Balaban J connectivity index is 2.09. The van der Waals surface area contributed by atoms with Crippen LogP contribution < -0.4 is 9.47 Å². The van der Waals surface area contributed by atoms with Crippen molar-refractivity contribution in [3.63, 3.8) is 0 Å². The number of aromatic nitrogens is 2. The summed E-state index contributed by atoms with van der Waals surface area (Å²) in [6.45, 7) is 3.43. The maximum Gasteiger partial charge on any atom is 0.127 e. The highest BCUT2D eigenvalue weighted by atomic mass is 79.9. The van der Waals surface area contributed by atoms with E-state index < -0.39 is 0 Å². The van der Waals surface area contributed by atoms with Gasteiger partial charge >= 0.3 is 0 Å². The number of halogens is 1. The predicted octanol–water partition coefficient (Wildman–Crippen LogP) is 3.39. The lowest BCUT2D eigenvalue weighted by Gasteiger charge is -2.10. The molecule has 0 saturated carbocycles. The number of methoxy groups -OCH3 is 1. The van der Waals surface area contributed by atoms with E-state index in [4.69, 9.17) is 9.47 Å². The predicted molar refractivity (Wildman–Crippen MR) is 77.9 cm³/mol. The summed E-state index contributed by atoms with van der Waals surface area (Å²) in [4.78, 5) is 0. The van der Waals surface area contributed by atoms with Crippen molar-refractivity contribution < 1.29 is 9.47 Å². The molecular formula is C14H17BrN2O2. The molecule has 1 aromatic carbocycles. The van der Waals surface area contributed by atoms with Gasteiger partial charge in [0.15, 0.2) is 0 Å². The SMILES string of the molecule is CCn1cc(COc2cc(OC)ccc2CBr)cn1. The average Bonchev–Trinajstić information content (AvgIpc) is 2.92. The van der Waals surface area contributed by atoms with Crippen LogP contribution >= 0.6 is 15.9 Å². The van der Waals surface area contributed by atoms with Crippen LogP contribution in [0.5, 0.6) is 11.5 Å². The topological polar surface area (TPSA) is 36.3 Å². The standard InChI is InChI=1S/C14H17BrN2O2/c1-3-17-9-11(8-16-17)10-19-14-6-13(18-2)5-4-12(14)7-15/h4-6,8-9H,3,7,10H2,1-2H3. The highest BCUT2D eigenvalue weighted by Crippen LogP contribution is 2.27. The minimum atomic E-state index is 0.507. The first kappa shape index (κ1) is 13.9. The van der Waals surface area contributed by atoms with Gasteiger partial charge in [-0.05, 0) is 13.0 Å². The van der Waals surface area contributed by atoms with Gasteiger partial charge in [0, 0.05) is 35.3 Å². The first-order valence-electron chi connectivity index (χ1n) is 6.13. The van der Waals surface area contributed by atoms with Crippen LogP contribution in [0.15, 0.2) is 30.6 Å².